The van der Waals surface area contributed by atoms with E-state index in [2.05, 4.69) is 38.3 Å². The number of piperidine rings is 1. The van der Waals surface area contributed by atoms with Gasteiger partial charge >= 0.3 is 0 Å². The Hall–Kier alpha value is -1.25. The fourth-order valence-corrected chi connectivity index (χ4v) is 2.93. The highest BCUT2D eigenvalue weighted by Gasteiger charge is 2.22. The van der Waals surface area contributed by atoms with Gasteiger partial charge in [0, 0.05) is 31.0 Å². The molecule has 1 aromatic heterocycles. The first kappa shape index (κ1) is 14.2. The Bertz CT molecular complexity index is 454. The maximum Gasteiger partial charge on any atom is 0.255 e. The number of aryl methyl sites for hydroxylation is 1. The number of carbonyl (C=O) groups is 1. The lowest BCUT2D eigenvalue weighted by molar-refractivity contribution is 0.0723. The maximum atomic E-state index is 12.6. The van der Waals surface area contributed by atoms with E-state index in [0.717, 1.165) is 43.7 Å². The Kier molecular flexibility index (Phi) is 4.33. The second-order valence-corrected chi connectivity index (χ2v) is 6.14. The van der Waals surface area contributed by atoms with E-state index in [-0.39, 0.29) is 5.91 Å². The van der Waals surface area contributed by atoms with Gasteiger partial charge in [-0.1, -0.05) is 13.8 Å². The molecular formula is C16H26N2O. The maximum absolute atomic E-state index is 12.6. The number of rotatable bonds is 3. The fraction of sp³-hybridized carbons (Fsp3) is 0.688. The number of amides is 1. The molecule has 0 aromatic carbocycles. The summed E-state index contributed by atoms with van der Waals surface area (Å²) in [6.07, 6.45) is 3.56. The number of hydrogen-bond donors (Lipinski definition) is 0. The van der Waals surface area contributed by atoms with Gasteiger partial charge in [-0.3, -0.25) is 4.79 Å². The Morgan fingerprint density at radius 2 is 1.84 bits per heavy atom. The molecule has 1 aliphatic heterocycles. The third kappa shape index (κ3) is 3.02. The lowest BCUT2D eigenvalue weighted by Gasteiger charge is -2.26. The van der Waals surface area contributed by atoms with E-state index in [4.69, 9.17) is 0 Å². The van der Waals surface area contributed by atoms with Gasteiger partial charge in [-0.2, -0.15) is 0 Å². The van der Waals surface area contributed by atoms with Crippen LogP contribution >= 0.6 is 0 Å². The van der Waals surface area contributed by atoms with Crippen molar-refractivity contribution in [3.8, 4) is 0 Å². The Labute approximate surface area is 116 Å². The average Bonchev–Trinajstić information content (AvgIpc) is 2.66. The standard InChI is InChI=1S/C16H26N2O/c1-12(2)11-18-13(3)10-15(14(18)4)16(19)17-8-6-5-7-9-17/h10,12H,5-9,11H2,1-4H3. The first-order valence-corrected chi connectivity index (χ1v) is 7.46. The molecule has 0 N–H and O–H groups in total. The highest BCUT2D eigenvalue weighted by atomic mass is 16.2. The van der Waals surface area contributed by atoms with E-state index in [1.54, 1.807) is 0 Å². The molecule has 2 rings (SSSR count). The minimum absolute atomic E-state index is 0.225. The molecule has 0 saturated carbocycles. The molecule has 1 saturated heterocycles. The SMILES string of the molecule is Cc1cc(C(=O)N2CCCCC2)c(C)n1CC(C)C. The van der Waals surface area contributed by atoms with Crippen LogP contribution in [-0.4, -0.2) is 28.5 Å². The van der Waals surface area contributed by atoms with Crippen LogP contribution in [-0.2, 0) is 6.54 Å². The lowest BCUT2D eigenvalue weighted by Crippen LogP contribution is -2.35. The van der Waals surface area contributed by atoms with Crippen molar-refractivity contribution >= 4 is 5.91 Å². The monoisotopic (exact) mass is 262 g/mol. The Morgan fingerprint density at radius 1 is 1.21 bits per heavy atom. The molecule has 0 aliphatic carbocycles. The Balaban J connectivity index is 2.22. The van der Waals surface area contributed by atoms with Gasteiger partial charge in [-0.05, 0) is 45.1 Å². The van der Waals surface area contributed by atoms with Crippen LogP contribution in [0, 0.1) is 19.8 Å². The van der Waals surface area contributed by atoms with Crippen LogP contribution in [0.3, 0.4) is 0 Å². The molecule has 3 heteroatoms. The molecule has 0 bridgehead atoms. The van der Waals surface area contributed by atoms with Crippen molar-refractivity contribution in [1.29, 1.82) is 0 Å². The lowest BCUT2D eigenvalue weighted by atomic mass is 10.1. The molecule has 0 radical (unpaired) electrons. The summed E-state index contributed by atoms with van der Waals surface area (Å²) in [5.41, 5.74) is 3.23. The average molecular weight is 262 g/mol. The van der Waals surface area contributed by atoms with Gasteiger partial charge in [0.1, 0.15) is 0 Å². The summed E-state index contributed by atoms with van der Waals surface area (Å²) in [7, 11) is 0. The molecular weight excluding hydrogens is 236 g/mol. The highest BCUT2D eigenvalue weighted by Crippen LogP contribution is 2.20. The third-order valence-electron chi connectivity index (χ3n) is 4.00. The second-order valence-electron chi connectivity index (χ2n) is 6.14. The van der Waals surface area contributed by atoms with Gasteiger partial charge in [0.05, 0.1) is 5.56 Å². The minimum Gasteiger partial charge on any atom is -0.348 e. The fourth-order valence-electron chi connectivity index (χ4n) is 2.93. The molecule has 1 amide bonds. The molecule has 1 aromatic rings. The predicted octanol–water partition coefficient (Wildman–Crippen LogP) is 3.39. The van der Waals surface area contributed by atoms with E-state index >= 15 is 0 Å². The van der Waals surface area contributed by atoms with Gasteiger partial charge in [0.15, 0.2) is 0 Å². The van der Waals surface area contributed by atoms with E-state index in [1.807, 2.05) is 4.90 Å². The normalized spacial score (nSPS) is 16.2. The van der Waals surface area contributed by atoms with Crippen LogP contribution < -0.4 is 0 Å². The van der Waals surface area contributed by atoms with E-state index in [1.165, 1.54) is 12.1 Å². The van der Waals surface area contributed by atoms with Crippen LogP contribution in [0.2, 0.25) is 0 Å². The van der Waals surface area contributed by atoms with Crippen molar-refractivity contribution in [3.63, 3.8) is 0 Å². The van der Waals surface area contributed by atoms with Crippen molar-refractivity contribution in [1.82, 2.24) is 9.47 Å². The number of hydrogen-bond acceptors (Lipinski definition) is 1. The quantitative estimate of drug-likeness (QED) is 0.819. The molecule has 106 valence electrons. The Morgan fingerprint density at radius 3 is 2.42 bits per heavy atom. The van der Waals surface area contributed by atoms with Gasteiger partial charge in [-0.25, -0.2) is 0 Å². The third-order valence-corrected chi connectivity index (χ3v) is 4.00. The van der Waals surface area contributed by atoms with E-state index < -0.39 is 0 Å². The zero-order valence-corrected chi connectivity index (χ0v) is 12.7. The molecule has 19 heavy (non-hydrogen) atoms. The van der Waals surface area contributed by atoms with Crippen LogP contribution in [0.5, 0.6) is 0 Å². The molecule has 1 aliphatic rings. The summed E-state index contributed by atoms with van der Waals surface area (Å²) in [6.45, 7) is 11.4. The molecule has 0 atom stereocenters. The predicted molar refractivity (Wildman–Crippen MR) is 78.5 cm³/mol. The molecule has 2 heterocycles. The number of aromatic nitrogens is 1. The molecule has 0 spiro atoms. The van der Waals surface area contributed by atoms with Crippen molar-refractivity contribution in [2.75, 3.05) is 13.1 Å². The van der Waals surface area contributed by atoms with Gasteiger partial charge in [0.25, 0.3) is 5.91 Å². The summed E-state index contributed by atoms with van der Waals surface area (Å²) in [4.78, 5) is 14.6. The minimum atomic E-state index is 0.225. The van der Waals surface area contributed by atoms with Gasteiger partial charge < -0.3 is 9.47 Å². The van der Waals surface area contributed by atoms with Crippen LogP contribution in [0.15, 0.2) is 6.07 Å². The van der Waals surface area contributed by atoms with Crippen molar-refractivity contribution in [2.45, 2.75) is 53.5 Å². The second kappa shape index (κ2) is 5.81. The van der Waals surface area contributed by atoms with Crippen molar-refractivity contribution in [3.05, 3.63) is 23.0 Å². The van der Waals surface area contributed by atoms with Crippen LogP contribution in [0.25, 0.3) is 0 Å². The van der Waals surface area contributed by atoms with Crippen molar-refractivity contribution in [2.24, 2.45) is 5.92 Å². The number of carbonyl (C=O) groups excluding carboxylic acids is 1. The number of nitrogens with zero attached hydrogens (tertiary/aromatic N) is 2. The zero-order chi connectivity index (χ0) is 14.0. The first-order chi connectivity index (χ1) is 9.00. The largest absolute Gasteiger partial charge is 0.348 e. The van der Waals surface area contributed by atoms with Crippen molar-refractivity contribution < 1.29 is 4.79 Å². The summed E-state index contributed by atoms with van der Waals surface area (Å²) in [5, 5.41) is 0. The molecule has 0 unspecified atom stereocenters. The smallest absolute Gasteiger partial charge is 0.255 e. The van der Waals surface area contributed by atoms with Crippen LogP contribution in [0.4, 0.5) is 0 Å². The summed E-state index contributed by atoms with van der Waals surface area (Å²) in [5.74, 6) is 0.825. The number of likely N-dealkylation sites (tertiary alicyclic amines) is 1. The topological polar surface area (TPSA) is 25.2 Å². The van der Waals surface area contributed by atoms with E-state index in [0.29, 0.717) is 5.92 Å². The van der Waals surface area contributed by atoms with Gasteiger partial charge in [-0.15, -0.1) is 0 Å². The zero-order valence-electron chi connectivity index (χ0n) is 12.7. The highest BCUT2D eigenvalue weighted by molar-refractivity contribution is 5.95. The van der Waals surface area contributed by atoms with Gasteiger partial charge in [0.2, 0.25) is 0 Å². The summed E-state index contributed by atoms with van der Waals surface area (Å²) < 4.78 is 2.28. The van der Waals surface area contributed by atoms with Crippen LogP contribution in [0.1, 0.15) is 54.9 Å². The van der Waals surface area contributed by atoms with E-state index in [9.17, 15) is 4.79 Å². The summed E-state index contributed by atoms with van der Waals surface area (Å²) in [6, 6.07) is 2.06. The molecule has 3 nitrogen and oxygen atoms in total. The molecule has 1 fully saturated rings. The first-order valence-electron chi connectivity index (χ1n) is 7.46. The summed E-state index contributed by atoms with van der Waals surface area (Å²) >= 11 is 0.